The van der Waals surface area contributed by atoms with Gasteiger partial charge in [-0.2, -0.15) is 12.8 Å². The molecule has 6 nitrogen and oxygen atoms in total. The molecular weight excluding hydrogens is 399 g/mol. The average molecular weight is 434 g/mol. The first-order valence-electron chi connectivity index (χ1n) is 10.4. The third kappa shape index (κ3) is 7.79. The van der Waals surface area contributed by atoms with E-state index in [9.17, 15) is 9.59 Å². The van der Waals surface area contributed by atoms with Crippen LogP contribution in [0, 0.1) is 18.3 Å². The Hall–Kier alpha value is -0.396. The fourth-order valence-corrected chi connectivity index (χ4v) is 4.20. The first kappa shape index (κ1) is 25.6. The Morgan fingerprint density at radius 2 is 1.71 bits per heavy atom. The number of carbonyl (C=O) groups excluding carboxylic acids is 2. The van der Waals surface area contributed by atoms with Gasteiger partial charge in [-0.15, -0.1) is 0 Å². The average Bonchev–Trinajstić information content (AvgIpc) is 3.36. The summed E-state index contributed by atoms with van der Waals surface area (Å²) < 4.78 is 16.7. The van der Waals surface area contributed by atoms with E-state index < -0.39 is 0 Å². The van der Waals surface area contributed by atoms with E-state index in [2.05, 4.69) is 6.42 Å². The van der Waals surface area contributed by atoms with Crippen molar-refractivity contribution in [3.05, 3.63) is 6.42 Å². The van der Waals surface area contributed by atoms with Gasteiger partial charge < -0.3 is 30.5 Å². The van der Waals surface area contributed by atoms with E-state index in [1.54, 1.807) is 0 Å². The van der Waals surface area contributed by atoms with E-state index >= 15 is 0 Å². The number of carbonyl (C=O) groups is 2. The summed E-state index contributed by atoms with van der Waals surface area (Å²) in [7, 11) is 1.00. The second-order valence-electron chi connectivity index (χ2n) is 7.65. The number of aliphatic hydroxyl groups excluding tert-OH is 1. The number of hydrogen-bond acceptors (Lipinski definition) is 6. The summed E-state index contributed by atoms with van der Waals surface area (Å²) in [5.41, 5.74) is 0. The SMILES string of the molecule is CO.O=C(OC1CO[C@@H]2CCOC12)C1CCCCC1.O=CC1CC[CH-]CC1.[V]. The van der Waals surface area contributed by atoms with E-state index in [1.165, 1.54) is 6.42 Å². The standard InChI is InChI=1S/C13H20O4.C7H11O.CH4O.V/c14-13(9-4-2-1-3-5-9)17-11-8-16-10-6-7-15-12(10)11;8-6-7-4-2-1-3-5-7;1-2;/h9-12H,1-8H2;1,6-7H,2-5H2;2H,1H3;/q;-1;;/t10-,11?,12?;;;/m1.../s1. The van der Waals surface area contributed by atoms with Crippen molar-refractivity contribution in [2.45, 2.75) is 82.5 Å². The van der Waals surface area contributed by atoms with Crippen molar-refractivity contribution in [1.29, 1.82) is 0 Å². The topological polar surface area (TPSA) is 82.1 Å². The Labute approximate surface area is 180 Å². The molecule has 2 saturated carbocycles. The van der Waals surface area contributed by atoms with Gasteiger partial charge >= 0.3 is 5.97 Å². The molecule has 2 unspecified atom stereocenters. The predicted molar refractivity (Wildman–Crippen MR) is 101 cm³/mol. The summed E-state index contributed by atoms with van der Waals surface area (Å²) in [6.45, 7) is 1.24. The minimum Gasteiger partial charge on any atom is -0.457 e. The van der Waals surface area contributed by atoms with Crippen molar-refractivity contribution in [2.75, 3.05) is 20.3 Å². The molecule has 28 heavy (non-hydrogen) atoms. The van der Waals surface area contributed by atoms with Crippen LogP contribution in [0.2, 0.25) is 0 Å². The predicted octanol–water partition coefficient (Wildman–Crippen LogP) is 2.85. The Bertz CT molecular complexity index is 435. The fourth-order valence-electron chi connectivity index (χ4n) is 4.20. The molecule has 2 saturated heterocycles. The minimum absolute atomic E-state index is 0. The summed E-state index contributed by atoms with van der Waals surface area (Å²) in [6.07, 6.45) is 14.3. The van der Waals surface area contributed by atoms with Crippen LogP contribution in [0.25, 0.3) is 0 Å². The molecule has 0 bridgehead atoms. The third-order valence-electron chi connectivity index (χ3n) is 5.80. The summed E-state index contributed by atoms with van der Waals surface area (Å²) in [5, 5.41) is 7.00. The van der Waals surface area contributed by atoms with E-state index in [1.807, 2.05) is 0 Å². The minimum atomic E-state index is -0.170. The molecule has 2 aliphatic carbocycles. The monoisotopic (exact) mass is 434 g/mol. The molecule has 0 spiro atoms. The summed E-state index contributed by atoms with van der Waals surface area (Å²) in [6, 6.07) is 0. The largest absolute Gasteiger partial charge is 0.457 e. The molecule has 0 aromatic carbocycles. The molecule has 1 N–H and O–H groups in total. The van der Waals surface area contributed by atoms with Gasteiger partial charge in [0.1, 0.15) is 12.4 Å². The van der Waals surface area contributed by atoms with Gasteiger partial charge in [0, 0.05) is 38.2 Å². The number of fused-ring (bicyclic) bond motifs is 1. The molecule has 4 aliphatic rings. The van der Waals surface area contributed by atoms with E-state index in [0.717, 1.165) is 77.8 Å². The maximum Gasteiger partial charge on any atom is 0.309 e. The van der Waals surface area contributed by atoms with Crippen molar-refractivity contribution in [3.63, 3.8) is 0 Å². The molecule has 0 aromatic rings. The zero-order valence-electron chi connectivity index (χ0n) is 17.0. The maximum absolute atomic E-state index is 12.0. The first-order valence-corrected chi connectivity index (χ1v) is 10.4. The second-order valence-corrected chi connectivity index (χ2v) is 7.65. The van der Waals surface area contributed by atoms with Crippen LogP contribution < -0.4 is 0 Å². The van der Waals surface area contributed by atoms with Gasteiger partial charge in [-0.3, -0.25) is 4.79 Å². The van der Waals surface area contributed by atoms with Crippen LogP contribution in [0.3, 0.4) is 0 Å². The molecule has 7 heteroatoms. The van der Waals surface area contributed by atoms with Gasteiger partial charge in [-0.1, -0.05) is 32.1 Å². The molecule has 2 aliphatic heterocycles. The summed E-state index contributed by atoms with van der Waals surface area (Å²) in [4.78, 5) is 22.2. The van der Waals surface area contributed by atoms with Crippen LogP contribution in [0.15, 0.2) is 0 Å². The molecule has 0 aromatic heterocycles. The van der Waals surface area contributed by atoms with Gasteiger partial charge in [-0.05, 0) is 19.3 Å². The molecule has 2 heterocycles. The zero-order valence-corrected chi connectivity index (χ0v) is 18.4. The molecule has 3 atom stereocenters. The van der Waals surface area contributed by atoms with Crippen molar-refractivity contribution in [2.24, 2.45) is 11.8 Å². The van der Waals surface area contributed by atoms with Crippen LogP contribution in [0.5, 0.6) is 0 Å². The van der Waals surface area contributed by atoms with E-state index in [0.29, 0.717) is 12.5 Å². The fraction of sp³-hybridized carbons (Fsp3) is 0.857. The molecule has 1 radical (unpaired) electrons. The van der Waals surface area contributed by atoms with E-state index in [-0.39, 0.29) is 48.8 Å². The van der Waals surface area contributed by atoms with Crippen molar-refractivity contribution < 1.29 is 47.5 Å². The summed E-state index contributed by atoms with van der Waals surface area (Å²) in [5.74, 6) is 0.457. The van der Waals surface area contributed by atoms with Gasteiger partial charge in [0.15, 0.2) is 6.10 Å². The van der Waals surface area contributed by atoms with Crippen LogP contribution in [-0.4, -0.2) is 56.0 Å². The van der Waals surface area contributed by atoms with Gasteiger partial charge in [0.2, 0.25) is 0 Å². The quantitative estimate of drug-likeness (QED) is 0.418. The molecule has 4 rings (SSSR count). The molecule has 161 valence electrons. The van der Waals surface area contributed by atoms with Gasteiger partial charge in [0.25, 0.3) is 0 Å². The number of aliphatic hydroxyl groups is 1. The van der Waals surface area contributed by atoms with E-state index in [4.69, 9.17) is 19.3 Å². The Morgan fingerprint density at radius 3 is 2.32 bits per heavy atom. The summed E-state index contributed by atoms with van der Waals surface area (Å²) >= 11 is 0. The van der Waals surface area contributed by atoms with Crippen molar-refractivity contribution in [1.82, 2.24) is 0 Å². The number of aldehydes is 1. The number of hydrogen-bond donors (Lipinski definition) is 1. The normalized spacial score (nSPS) is 29.9. The maximum atomic E-state index is 12.0. The van der Waals surface area contributed by atoms with Crippen molar-refractivity contribution in [3.8, 4) is 0 Å². The molecule has 4 fully saturated rings. The Morgan fingerprint density at radius 1 is 1.04 bits per heavy atom. The second kappa shape index (κ2) is 14.6. The van der Waals surface area contributed by atoms with Crippen LogP contribution in [0.4, 0.5) is 0 Å². The number of ether oxygens (including phenoxy) is 3. The van der Waals surface area contributed by atoms with Crippen LogP contribution >= 0.6 is 0 Å². The zero-order chi connectivity index (χ0) is 19.5. The smallest absolute Gasteiger partial charge is 0.309 e. The van der Waals surface area contributed by atoms with Crippen LogP contribution in [0.1, 0.15) is 64.2 Å². The molecule has 0 amide bonds. The number of rotatable bonds is 3. The first-order chi connectivity index (χ1) is 13.3. The Balaban J connectivity index is 0.000000303. The third-order valence-corrected chi connectivity index (χ3v) is 5.80. The van der Waals surface area contributed by atoms with Gasteiger partial charge in [0.05, 0.1) is 18.6 Å². The van der Waals surface area contributed by atoms with Crippen LogP contribution in [-0.2, 0) is 42.4 Å². The Kier molecular flexibility index (Phi) is 13.3. The van der Waals surface area contributed by atoms with Gasteiger partial charge in [-0.25, -0.2) is 0 Å². The number of esters is 1. The van der Waals surface area contributed by atoms with Crippen molar-refractivity contribution >= 4 is 12.3 Å². The molecular formula is C21H35O6V-.